The molecule has 0 saturated heterocycles. The second kappa shape index (κ2) is 4.25. The number of aromatic hydroxyl groups is 1. The molecule has 0 amide bonds. The first-order valence-corrected chi connectivity index (χ1v) is 4.91. The molecular formula is C13H9FO3. The van der Waals surface area contributed by atoms with Crippen LogP contribution in [0.15, 0.2) is 42.5 Å². The molecule has 3 nitrogen and oxygen atoms in total. The maximum atomic E-state index is 13.2. The van der Waals surface area contributed by atoms with E-state index in [9.17, 15) is 14.3 Å². The van der Waals surface area contributed by atoms with Crippen molar-refractivity contribution in [2.24, 2.45) is 0 Å². The Balaban J connectivity index is 2.70. The molecule has 4 heteroatoms. The van der Waals surface area contributed by atoms with E-state index in [0.29, 0.717) is 5.56 Å². The van der Waals surface area contributed by atoms with Gasteiger partial charge >= 0.3 is 5.97 Å². The van der Waals surface area contributed by atoms with E-state index < -0.39 is 11.8 Å². The number of carboxylic acids is 1. The van der Waals surface area contributed by atoms with Gasteiger partial charge in [0.2, 0.25) is 0 Å². The Morgan fingerprint density at radius 3 is 2.41 bits per heavy atom. The quantitative estimate of drug-likeness (QED) is 0.836. The molecule has 0 radical (unpaired) electrons. The lowest BCUT2D eigenvalue weighted by atomic mass is 9.99. The van der Waals surface area contributed by atoms with Crippen LogP contribution in [0.1, 0.15) is 10.4 Å². The number of halogens is 1. The van der Waals surface area contributed by atoms with Gasteiger partial charge in [-0.2, -0.15) is 0 Å². The smallest absolute Gasteiger partial charge is 0.336 e. The number of hydrogen-bond acceptors (Lipinski definition) is 2. The lowest BCUT2D eigenvalue weighted by molar-refractivity contribution is 0.0697. The van der Waals surface area contributed by atoms with Crippen molar-refractivity contribution >= 4 is 5.97 Å². The zero-order valence-electron chi connectivity index (χ0n) is 8.72. The number of phenolic OH excluding ortho intramolecular Hbond substituents is 1. The van der Waals surface area contributed by atoms with E-state index in [0.717, 1.165) is 12.1 Å². The van der Waals surface area contributed by atoms with Crippen molar-refractivity contribution in [1.82, 2.24) is 0 Å². The summed E-state index contributed by atoms with van der Waals surface area (Å²) in [6.45, 7) is 0. The van der Waals surface area contributed by atoms with Crippen molar-refractivity contribution in [2.45, 2.75) is 0 Å². The van der Waals surface area contributed by atoms with Gasteiger partial charge in [0.05, 0.1) is 5.56 Å². The first kappa shape index (κ1) is 11.1. The standard InChI is InChI=1S/C13H9FO3/c14-8-5-6-10(13(16)17)11(7-8)9-3-1-2-4-12(9)15/h1-7,15H,(H,16,17). The van der Waals surface area contributed by atoms with E-state index in [1.165, 1.54) is 18.2 Å². The third-order valence-corrected chi connectivity index (χ3v) is 2.41. The van der Waals surface area contributed by atoms with Gasteiger partial charge in [-0.1, -0.05) is 18.2 Å². The number of aromatic carboxylic acids is 1. The van der Waals surface area contributed by atoms with Crippen LogP contribution in [-0.4, -0.2) is 16.2 Å². The third-order valence-electron chi connectivity index (χ3n) is 2.41. The highest BCUT2D eigenvalue weighted by Crippen LogP contribution is 2.31. The van der Waals surface area contributed by atoms with Crippen LogP contribution < -0.4 is 0 Å². The van der Waals surface area contributed by atoms with Crippen LogP contribution in [0.4, 0.5) is 4.39 Å². The highest BCUT2D eigenvalue weighted by atomic mass is 19.1. The monoisotopic (exact) mass is 232 g/mol. The number of benzene rings is 2. The molecule has 86 valence electrons. The third kappa shape index (κ3) is 2.10. The van der Waals surface area contributed by atoms with Gasteiger partial charge in [0.1, 0.15) is 11.6 Å². The Labute approximate surface area is 96.8 Å². The van der Waals surface area contributed by atoms with Crippen LogP contribution in [0.3, 0.4) is 0 Å². The minimum Gasteiger partial charge on any atom is -0.507 e. The first-order valence-electron chi connectivity index (χ1n) is 4.91. The molecule has 0 aliphatic rings. The van der Waals surface area contributed by atoms with Crippen molar-refractivity contribution in [3.63, 3.8) is 0 Å². The summed E-state index contributed by atoms with van der Waals surface area (Å²) in [6.07, 6.45) is 0. The second-order valence-corrected chi connectivity index (χ2v) is 3.51. The van der Waals surface area contributed by atoms with Crippen molar-refractivity contribution < 1.29 is 19.4 Å². The summed E-state index contributed by atoms with van der Waals surface area (Å²) in [4.78, 5) is 11.0. The van der Waals surface area contributed by atoms with E-state index in [1.54, 1.807) is 12.1 Å². The van der Waals surface area contributed by atoms with Crippen molar-refractivity contribution in [2.75, 3.05) is 0 Å². The fourth-order valence-electron chi connectivity index (χ4n) is 1.63. The Morgan fingerprint density at radius 1 is 1.06 bits per heavy atom. The summed E-state index contributed by atoms with van der Waals surface area (Å²) in [5, 5.41) is 18.7. The minimum atomic E-state index is -1.16. The molecule has 0 saturated carbocycles. The summed E-state index contributed by atoms with van der Waals surface area (Å²) in [6, 6.07) is 9.57. The van der Waals surface area contributed by atoms with Crippen LogP contribution in [0.5, 0.6) is 5.75 Å². The Hall–Kier alpha value is -2.36. The first-order chi connectivity index (χ1) is 8.09. The molecule has 17 heavy (non-hydrogen) atoms. The van der Waals surface area contributed by atoms with Gasteiger partial charge in [0.15, 0.2) is 0 Å². The molecule has 0 unspecified atom stereocenters. The zero-order valence-corrected chi connectivity index (χ0v) is 8.72. The van der Waals surface area contributed by atoms with Crippen LogP contribution in [0.25, 0.3) is 11.1 Å². The fourth-order valence-corrected chi connectivity index (χ4v) is 1.63. The summed E-state index contributed by atoms with van der Waals surface area (Å²) < 4.78 is 13.2. The highest BCUT2D eigenvalue weighted by Gasteiger charge is 2.14. The van der Waals surface area contributed by atoms with Crippen LogP contribution >= 0.6 is 0 Å². The number of hydrogen-bond donors (Lipinski definition) is 2. The molecule has 0 spiro atoms. The van der Waals surface area contributed by atoms with Crippen LogP contribution in [0, 0.1) is 5.82 Å². The van der Waals surface area contributed by atoms with Gasteiger partial charge in [0.25, 0.3) is 0 Å². The SMILES string of the molecule is O=C(O)c1ccc(F)cc1-c1ccccc1O. The predicted octanol–water partition coefficient (Wildman–Crippen LogP) is 2.90. The molecule has 2 aromatic rings. The van der Waals surface area contributed by atoms with Gasteiger partial charge in [-0.25, -0.2) is 9.18 Å². The number of phenols is 1. The second-order valence-electron chi connectivity index (χ2n) is 3.51. The molecular weight excluding hydrogens is 223 g/mol. The summed E-state index contributed by atoms with van der Waals surface area (Å²) in [7, 11) is 0. The highest BCUT2D eigenvalue weighted by molar-refractivity contribution is 5.96. The van der Waals surface area contributed by atoms with E-state index in [-0.39, 0.29) is 16.9 Å². The number of carboxylic acid groups (broad SMARTS) is 1. The van der Waals surface area contributed by atoms with E-state index in [4.69, 9.17) is 5.11 Å². The predicted molar refractivity (Wildman–Crippen MR) is 60.5 cm³/mol. The maximum Gasteiger partial charge on any atom is 0.336 e. The lowest BCUT2D eigenvalue weighted by Crippen LogP contribution is -2.00. The molecule has 2 rings (SSSR count). The average molecular weight is 232 g/mol. The van der Waals surface area contributed by atoms with Crippen LogP contribution in [-0.2, 0) is 0 Å². The molecule has 0 aliphatic heterocycles. The molecule has 2 N–H and O–H groups in total. The Kier molecular flexibility index (Phi) is 2.78. The number of rotatable bonds is 2. The molecule has 0 heterocycles. The average Bonchev–Trinajstić information content (AvgIpc) is 2.29. The number of para-hydroxylation sites is 1. The molecule has 2 aromatic carbocycles. The van der Waals surface area contributed by atoms with E-state index >= 15 is 0 Å². The molecule has 0 atom stereocenters. The van der Waals surface area contributed by atoms with Gasteiger partial charge in [0, 0.05) is 11.1 Å². The van der Waals surface area contributed by atoms with Crippen molar-refractivity contribution in [3.05, 3.63) is 53.8 Å². The van der Waals surface area contributed by atoms with E-state index in [1.807, 2.05) is 0 Å². The molecule has 0 aromatic heterocycles. The Bertz CT molecular complexity index is 579. The fraction of sp³-hybridized carbons (Fsp3) is 0. The minimum absolute atomic E-state index is 0.0482. The normalized spacial score (nSPS) is 10.2. The van der Waals surface area contributed by atoms with Crippen molar-refractivity contribution in [1.29, 1.82) is 0 Å². The summed E-state index contributed by atoms with van der Waals surface area (Å²) in [5.41, 5.74) is 0.410. The Morgan fingerprint density at radius 2 is 1.76 bits per heavy atom. The molecule has 0 bridgehead atoms. The van der Waals surface area contributed by atoms with Gasteiger partial charge < -0.3 is 10.2 Å². The largest absolute Gasteiger partial charge is 0.507 e. The van der Waals surface area contributed by atoms with Crippen molar-refractivity contribution in [3.8, 4) is 16.9 Å². The topological polar surface area (TPSA) is 57.5 Å². The summed E-state index contributed by atoms with van der Waals surface area (Å²) >= 11 is 0. The maximum absolute atomic E-state index is 13.2. The van der Waals surface area contributed by atoms with Gasteiger partial charge in [-0.3, -0.25) is 0 Å². The zero-order chi connectivity index (χ0) is 12.4. The van der Waals surface area contributed by atoms with E-state index in [2.05, 4.69) is 0 Å². The molecule has 0 aliphatic carbocycles. The number of carbonyl (C=O) groups is 1. The van der Waals surface area contributed by atoms with Gasteiger partial charge in [-0.05, 0) is 24.3 Å². The summed E-state index contributed by atoms with van der Waals surface area (Å²) in [5.74, 6) is -1.79. The van der Waals surface area contributed by atoms with Gasteiger partial charge in [-0.15, -0.1) is 0 Å². The molecule has 0 fully saturated rings. The van der Waals surface area contributed by atoms with Crippen LogP contribution in [0.2, 0.25) is 0 Å². The lowest BCUT2D eigenvalue weighted by Gasteiger charge is -2.08.